The van der Waals surface area contributed by atoms with E-state index in [1.54, 1.807) is 13.8 Å². The van der Waals surface area contributed by atoms with Crippen molar-refractivity contribution in [3.05, 3.63) is 0 Å². The Kier molecular flexibility index (Phi) is 5.79. The Bertz CT molecular complexity index is 228. The number of esters is 1. The van der Waals surface area contributed by atoms with Crippen LogP contribution < -0.4 is 11.2 Å². The molecule has 13 heavy (non-hydrogen) atoms. The highest BCUT2D eigenvalue weighted by Crippen LogP contribution is 1.89. The standard InChI is InChI=1S/C7H13N3O2S/c1-3-5(6(11)12-4-2)9-10-7(8)13/h3-4H2,1-2H3,(H3,8,10,13)/b9-5-. The molecule has 0 aliphatic rings. The first-order valence-corrected chi connectivity index (χ1v) is 4.31. The molecule has 0 aliphatic heterocycles. The normalized spacial score (nSPS) is 10.8. The summed E-state index contributed by atoms with van der Waals surface area (Å²) in [7, 11) is 0. The van der Waals surface area contributed by atoms with Gasteiger partial charge in [0.2, 0.25) is 0 Å². The number of ether oxygens (including phenoxy) is 1. The van der Waals surface area contributed by atoms with Gasteiger partial charge >= 0.3 is 5.97 Å². The largest absolute Gasteiger partial charge is 0.461 e. The summed E-state index contributed by atoms with van der Waals surface area (Å²) in [4.78, 5) is 11.1. The third-order valence-electron chi connectivity index (χ3n) is 1.15. The topological polar surface area (TPSA) is 76.7 Å². The minimum absolute atomic E-state index is 0.0234. The number of rotatable bonds is 4. The highest BCUT2D eigenvalue weighted by molar-refractivity contribution is 7.80. The van der Waals surface area contributed by atoms with Gasteiger partial charge in [0, 0.05) is 0 Å². The lowest BCUT2D eigenvalue weighted by Crippen LogP contribution is -2.28. The van der Waals surface area contributed by atoms with Crippen LogP contribution in [0.3, 0.4) is 0 Å². The summed E-state index contributed by atoms with van der Waals surface area (Å²) >= 11 is 4.52. The van der Waals surface area contributed by atoms with Gasteiger partial charge in [-0.3, -0.25) is 5.43 Å². The Labute approximate surface area is 82.3 Å². The van der Waals surface area contributed by atoms with E-state index in [0.717, 1.165) is 0 Å². The van der Waals surface area contributed by atoms with Gasteiger partial charge in [0.05, 0.1) is 6.61 Å². The number of hydrazone groups is 1. The number of carbonyl (C=O) groups is 1. The second kappa shape index (κ2) is 6.36. The second-order valence-corrected chi connectivity index (χ2v) is 2.55. The lowest BCUT2D eigenvalue weighted by molar-refractivity contribution is -0.135. The van der Waals surface area contributed by atoms with Crippen LogP contribution in [0, 0.1) is 0 Å². The third kappa shape index (κ3) is 5.13. The molecule has 0 aromatic rings. The number of nitrogens with one attached hydrogen (secondary N) is 1. The lowest BCUT2D eigenvalue weighted by atomic mass is 10.3. The minimum atomic E-state index is -0.450. The zero-order chi connectivity index (χ0) is 10.3. The van der Waals surface area contributed by atoms with Crippen molar-refractivity contribution in [3.8, 4) is 0 Å². The zero-order valence-corrected chi connectivity index (χ0v) is 8.48. The summed E-state index contributed by atoms with van der Waals surface area (Å²) in [6.07, 6.45) is 0.467. The third-order valence-corrected chi connectivity index (χ3v) is 1.24. The maximum Gasteiger partial charge on any atom is 0.354 e. The fourth-order valence-corrected chi connectivity index (χ4v) is 0.652. The van der Waals surface area contributed by atoms with E-state index < -0.39 is 5.97 Å². The summed E-state index contributed by atoms with van der Waals surface area (Å²) in [5.41, 5.74) is 7.74. The first-order valence-electron chi connectivity index (χ1n) is 3.90. The zero-order valence-electron chi connectivity index (χ0n) is 7.66. The Balaban J connectivity index is 4.22. The molecule has 0 atom stereocenters. The molecule has 0 bridgehead atoms. The summed E-state index contributed by atoms with van der Waals surface area (Å²) in [6.45, 7) is 3.84. The van der Waals surface area contributed by atoms with Gasteiger partial charge in [0.25, 0.3) is 0 Å². The van der Waals surface area contributed by atoms with Crippen LogP contribution in [-0.4, -0.2) is 23.4 Å². The highest BCUT2D eigenvalue weighted by Gasteiger charge is 2.09. The van der Waals surface area contributed by atoms with Crippen LogP contribution in [0.5, 0.6) is 0 Å². The van der Waals surface area contributed by atoms with Crippen molar-refractivity contribution in [2.45, 2.75) is 20.3 Å². The van der Waals surface area contributed by atoms with Crippen LogP contribution >= 0.6 is 12.2 Å². The number of hydrogen-bond acceptors (Lipinski definition) is 4. The molecule has 0 saturated carbocycles. The molecule has 0 spiro atoms. The predicted octanol–water partition coefficient (Wildman–Crippen LogP) is 0.149. The molecule has 6 heteroatoms. The SMILES string of the molecule is CCOC(=O)/C(CC)=N\NC(N)=S. The quantitative estimate of drug-likeness (QED) is 0.294. The average Bonchev–Trinajstić information content (AvgIpc) is 2.05. The van der Waals surface area contributed by atoms with Crippen LogP contribution in [0.4, 0.5) is 0 Å². The molecule has 0 aromatic carbocycles. The van der Waals surface area contributed by atoms with Crippen molar-refractivity contribution in [3.63, 3.8) is 0 Å². The molecule has 3 N–H and O–H groups in total. The van der Waals surface area contributed by atoms with Crippen LogP contribution in [0.15, 0.2) is 5.10 Å². The molecule has 0 amide bonds. The van der Waals surface area contributed by atoms with Crippen molar-refractivity contribution in [2.24, 2.45) is 10.8 Å². The first-order chi connectivity index (χ1) is 6.11. The van der Waals surface area contributed by atoms with Gasteiger partial charge in [0.1, 0.15) is 5.71 Å². The van der Waals surface area contributed by atoms with Crippen LogP contribution in [0.1, 0.15) is 20.3 Å². The van der Waals surface area contributed by atoms with Crippen molar-refractivity contribution in [1.29, 1.82) is 0 Å². The molecular formula is C7H13N3O2S. The van der Waals surface area contributed by atoms with Gasteiger partial charge in [-0.05, 0) is 25.6 Å². The maximum absolute atomic E-state index is 11.1. The Morgan fingerprint density at radius 2 is 2.23 bits per heavy atom. The van der Waals surface area contributed by atoms with Gasteiger partial charge in [-0.1, -0.05) is 6.92 Å². The molecule has 0 saturated heterocycles. The van der Waals surface area contributed by atoms with E-state index in [1.807, 2.05) is 0 Å². The first kappa shape index (κ1) is 11.8. The van der Waals surface area contributed by atoms with E-state index in [-0.39, 0.29) is 10.8 Å². The average molecular weight is 203 g/mol. The lowest BCUT2D eigenvalue weighted by Gasteiger charge is -2.03. The van der Waals surface area contributed by atoms with E-state index in [9.17, 15) is 4.79 Å². The smallest absolute Gasteiger partial charge is 0.354 e. The fourth-order valence-electron chi connectivity index (χ4n) is 0.606. The summed E-state index contributed by atoms with van der Waals surface area (Å²) in [5.74, 6) is -0.450. The van der Waals surface area contributed by atoms with E-state index in [0.29, 0.717) is 13.0 Å². The van der Waals surface area contributed by atoms with E-state index in [4.69, 9.17) is 10.5 Å². The molecular weight excluding hydrogens is 190 g/mol. The van der Waals surface area contributed by atoms with Crippen molar-refractivity contribution in [2.75, 3.05) is 6.61 Å². The number of hydrogen-bond donors (Lipinski definition) is 2. The molecule has 0 fully saturated rings. The fraction of sp³-hybridized carbons (Fsp3) is 0.571. The molecule has 0 rings (SSSR count). The molecule has 0 heterocycles. The molecule has 74 valence electrons. The maximum atomic E-state index is 11.1. The van der Waals surface area contributed by atoms with Gasteiger partial charge in [-0.2, -0.15) is 5.10 Å². The van der Waals surface area contributed by atoms with Crippen molar-refractivity contribution < 1.29 is 9.53 Å². The van der Waals surface area contributed by atoms with Gasteiger partial charge < -0.3 is 10.5 Å². The number of nitrogens with two attached hydrogens (primary N) is 1. The number of thiocarbonyl (C=S) groups is 1. The van der Waals surface area contributed by atoms with Crippen LogP contribution in [-0.2, 0) is 9.53 Å². The van der Waals surface area contributed by atoms with Crippen LogP contribution in [0.2, 0.25) is 0 Å². The van der Waals surface area contributed by atoms with E-state index >= 15 is 0 Å². The molecule has 0 aliphatic carbocycles. The van der Waals surface area contributed by atoms with Crippen LogP contribution in [0.25, 0.3) is 0 Å². The molecule has 0 aromatic heterocycles. The summed E-state index contributed by atoms with van der Waals surface area (Å²) in [6, 6.07) is 0. The Hall–Kier alpha value is -1.17. The highest BCUT2D eigenvalue weighted by atomic mass is 32.1. The van der Waals surface area contributed by atoms with E-state index in [1.165, 1.54) is 0 Å². The predicted molar refractivity (Wildman–Crippen MR) is 54.3 cm³/mol. The van der Waals surface area contributed by atoms with Crippen molar-refractivity contribution in [1.82, 2.24) is 5.43 Å². The number of nitrogens with zero attached hydrogens (tertiary/aromatic N) is 1. The van der Waals surface area contributed by atoms with E-state index in [2.05, 4.69) is 22.7 Å². The van der Waals surface area contributed by atoms with Gasteiger partial charge in [-0.25, -0.2) is 4.79 Å². The molecule has 5 nitrogen and oxygen atoms in total. The molecule has 0 radical (unpaired) electrons. The summed E-state index contributed by atoms with van der Waals surface area (Å²) < 4.78 is 4.73. The number of carbonyl (C=O) groups excluding carboxylic acids is 1. The second-order valence-electron chi connectivity index (χ2n) is 2.11. The van der Waals surface area contributed by atoms with Gasteiger partial charge in [0.15, 0.2) is 5.11 Å². The van der Waals surface area contributed by atoms with Gasteiger partial charge in [-0.15, -0.1) is 0 Å². The Morgan fingerprint density at radius 1 is 1.62 bits per heavy atom. The van der Waals surface area contributed by atoms with Crippen molar-refractivity contribution >= 4 is 29.0 Å². The monoisotopic (exact) mass is 203 g/mol. The summed E-state index contributed by atoms with van der Waals surface area (Å²) in [5, 5.41) is 3.71. The molecule has 0 unspecified atom stereocenters. The minimum Gasteiger partial charge on any atom is -0.461 e. The Morgan fingerprint density at radius 3 is 2.62 bits per heavy atom.